The topological polar surface area (TPSA) is 83.5 Å². The lowest BCUT2D eigenvalue weighted by molar-refractivity contribution is -0.131. The van der Waals surface area contributed by atoms with Crippen LogP contribution in [0.25, 0.3) is 6.08 Å². The molecule has 0 amide bonds. The first kappa shape index (κ1) is 15.9. The SMILES string of the molecule is Cc1ccc(S(=O)(=O)NCc2cc(C=CC(=O)O)cs2)s1. The molecule has 0 saturated carbocycles. The van der Waals surface area contributed by atoms with Gasteiger partial charge in [0.1, 0.15) is 4.21 Å². The van der Waals surface area contributed by atoms with E-state index in [0.717, 1.165) is 21.4 Å². The smallest absolute Gasteiger partial charge is 0.328 e. The zero-order valence-corrected chi connectivity index (χ0v) is 13.5. The molecule has 0 atom stereocenters. The van der Waals surface area contributed by atoms with Crippen molar-refractivity contribution in [1.29, 1.82) is 0 Å². The number of rotatable bonds is 6. The van der Waals surface area contributed by atoms with Crippen LogP contribution in [0.4, 0.5) is 0 Å². The lowest BCUT2D eigenvalue weighted by atomic mass is 10.3. The predicted octanol–water partition coefficient (Wildman–Crippen LogP) is 2.69. The third-order valence-corrected chi connectivity index (χ3v) is 6.36. The first-order valence-corrected chi connectivity index (χ1v) is 9.09. The van der Waals surface area contributed by atoms with E-state index in [-0.39, 0.29) is 6.54 Å². The van der Waals surface area contributed by atoms with Crippen molar-refractivity contribution in [3.8, 4) is 0 Å². The van der Waals surface area contributed by atoms with Crippen molar-refractivity contribution >= 4 is 44.7 Å². The molecule has 0 fully saturated rings. The molecule has 2 rings (SSSR count). The number of hydrogen-bond donors (Lipinski definition) is 2. The van der Waals surface area contributed by atoms with Crippen LogP contribution in [0.5, 0.6) is 0 Å². The minimum Gasteiger partial charge on any atom is -0.478 e. The fourth-order valence-electron chi connectivity index (χ4n) is 1.54. The average Bonchev–Trinajstić information content (AvgIpc) is 3.03. The molecule has 0 aliphatic rings. The molecule has 112 valence electrons. The summed E-state index contributed by atoms with van der Waals surface area (Å²) in [6.45, 7) is 2.04. The third kappa shape index (κ3) is 4.50. The van der Waals surface area contributed by atoms with E-state index >= 15 is 0 Å². The summed E-state index contributed by atoms with van der Waals surface area (Å²) in [6.07, 6.45) is 2.52. The van der Waals surface area contributed by atoms with Crippen molar-refractivity contribution in [2.75, 3.05) is 0 Å². The largest absolute Gasteiger partial charge is 0.478 e. The fraction of sp³-hybridized carbons (Fsp3) is 0.154. The van der Waals surface area contributed by atoms with Crippen molar-refractivity contribution in [1.82, 2.24) is 4.72 Å². The molecule has 2 aromatic heterocycles. The van der Waals surface area contributed by atoms with Crippen molar-refractivity contribution in [2.24, 2.45) is 0 Å². The van der Waals surface area contributed by atoms with Gasteiger partial charge in [-0.15, -0.1) is 22.7 Å². The Morgan fingerprint density at radius 1 is 1.43 bits per heavy atom. The summed E-state index contributed by atoms with van der Waals surface area (Å²) in [6, 6.07) is 5.10. The maximum absolute atomic E-state index is 12.1. The van der Waals surface area contributed by atoms with E-state index in [1.807, 2.05) is 6.92 Å². The zero-order valence-electron chi connectivity index (χ0n) is 11.1. The molecule has 8 heteroatoms. The first-order chi connectivity index (χ1) is 9.87. The lowest BCUT2D eigenvalue weighted by Crippen LogP contribution is -2.21. The van der Waals surface area contributed by atoms with Gasteiger partial charge < -0.3 is 5.11 Å². The Bertz CT molecular complexity index is 771. The van der Waals surface area contributed by atoms with E-state index in [4.69, 9.17) is 5.11 Å². The van der Waals surface area contributed by atoms with Crippen LogP contribution in [-0.4, -0.2) is 19.5 Å². The van der Waals surface area contributed by atoms with Crippen molar-refractivity contribution in [2.45, 2.75) is 17.7 Å². The minimum absolute atomic E-state index is 0.185. The molecule has 2 N–H and O–H groups in total. The van der Waals surface area contributed by atoms with Crippen molar-refractivity contribution in [3.63, 3.8) is 0 Å². The van der Waals surface area contributed by atoms with Gasteiger partial charge in [0.25, 0.3) is 0 Å². The lowest BCUT2D eigenvalue weighted by Gasteiger charge is -2.02. The summed E-state index contributed by atoms with van der Waals surface area (Å²) in [4.78, 5) is 12.2. The highest BCUT2D eigenvalue weighted by molar-refractivity contribution is 7.91. The summed E-state index contributed by atoms with van der Waals surface area (Å²) in [5.74, 6) is -1.02. The Hall–Kier alpha value is -1.48. The van der Waals surface area contributed by atoms with Gasteiger partial charge in [-0.3, -0.25) is 0 Å². The van der Waals surface area contributed by atoms with Crippen LogP contribution < -0.4 is 4.72 Å². The van der Waals surface area contributed by atoms with Gasteiger partial charge in [0, 0.05) is 22.4 Å². The molecule has 2 aromatic rings. The number of aryl methyl sites for hydroxylation is 1. The number of aliphatic carboxylic acids is 1. The highest BCUT2D eigenvalue weighted by atomic mass is 32.2. The molecule has 0 bridgehead atoms. The molecule has 0 spiro atoms. The van der Waals surface area contributed by atoms with Crippen LogP contribution in [0.1, 0.15) is 15.3 Å². The van der Waals surface area contributed by atoms with Gasteiger partial charge in [-0.25, -0.2) is 17.9 Å². The standard InChI is InChI=1S/C13H13NO4S3/c1-9-2-5-13(20-9)21(17,18)14-7-11-6-10(8-19-11)3-4-12(15)16/h2-6,8,14H,7H2,1H3,(H,15,16). The fourth-order valence-corrected chi connectivity index (χ4v) is 4.76. The summed E-state index contributed by atoms with van der Waals surface area (Å²) < 4.78 is 26.9. The molecule has 0 unspecified atom stereocenters. The zero-order chi connectivity index (χ0) is 15.5. The van der Waals surface area contributed by atoms with Crippen LogP contribution in [0.2, 0.25) is 0 Å². The number of sulfonamides is 1. The molecule has 0 saturated heterocycles. The molecule has 0 aliphatic carbocycles. The van der Waals surface area contributed by atoms with E-state index in [2.05, 4.69) is 4.72 Å². The van der Waals surface area contributed by atoms with Gasteiger partial charge in [-0.1, -0.05) is 0 Å². The summed E-state index contributed by atoms with van der Waals surface area (Å²) in [5.41, 5.74) is 0.739. The third-order valence-electron chi connectivity index (χ3n) is 2.51. The normalized spacial score (nSPS) is 12.0. The summed E-state index contributed by atoms with van der Waals surface area (Å²) in [5, 5.41) is 10.3. The first-order valence-electron chi connectivity index (χ1n) is 5.91. The number of carboxylic acids is 1. The number of thiophene rings is 2. The maximum atomic E-state index is 12.1. The molecule has 21 heavy (non-hydrogen) atoms. The van der Waals surface area contributed by atoms with Crippen LogP contribution >= 0.6 is 22.7 Å². The Labute approximate surface area is 130 Å². The number of nitrogens with one attached hydrogen (secondary N) is 1. The molecule has 0 radical (unpaired) electrons. The molecular weight excluding hydrogens is 330 g/mol. The second-order valence-corrected chi connectivity index (χ2v) is 8.49. The number of hydrogen-bond acceptors (Lipinski definition) is 5. The minimum atomic E-state index is -3.49. The van der Waals surface area contributed by atoms with E-state index in [1.54, 1.807) is 23.6 Å². The monoisotopic (exact) mass is 343 g/mol. The summed E-state index contributed by atoms with van der Waals surface area (Å²) in [7, 11) is -3.49. The predicted molar refractivity (Wildman–Crippen MR) is 84.1 cm³/mol. The van der Waals surface area contributed by atoms with E-state index in [1.165, 1.54) is 28.7 Å². The maximum Gasteiger partial charge on any atom is 0.328 e. The molecular formula is C13H13NO4S3. The van der Waals surface area contributed by atoms with E-state index in [9.17, 15) is 13.2 Å². The highest BCUT2D eigenvalue weighted by Gasteiger charge is 2.15. The number of carboxylic acid groups (broad SMARTS) is 1. The highest BCUT2D eigenvalue weighted by Crippen LogP contribution is 2.21. The Morgan fingerprint density at radius 3 is 2.81 bits per heavy atom. The van der Waals surface area contributed by atoms with Gasteiger partial charge in [-0.2, -0.15) is 0 Å². The van der Waals surface area contributed by atoms with Gasteiger partial charge in [-0.05, 0) is 42.1 Å². The van der Waals surface area contributed by atoms with Gasteiger partial charge in [0.05, 0.1) is 0 Å². The second kappa shape index (κ2) is 6.52. The second-order valence-electron chi connectivity index (χ2n) is 4.21. The van der Waals surface area contributed by atoms with E-state index < -0.39 is 16.0 Å². The molecule has 0 aromatic carbocycles. The Morgan fingerprint density at radius 2 is 2.19 bits per heavy atom. The van der Waals surface area contributed by atoms with Crippen LogP contribution in [0.15, 0.2) is 33.9 Å². The molecule has 5 nitrogen and oxygen atoms in total. The average molecular weight is 343 g/mol. The van der Waals surface area contributed by atoms with Crippen LogP contribution in [0, 0.1) is 6.92 Å². The van der Waals surface area contributed by atoms with Gasteiger partial charge in [0.2, 0.25) is 10.0 Å². The molecule has 0 aliphatic heterocycles. The summed E-state index contributed by atoms with van der Waals surface area (Å²) >= 11 is 2.60. The molecule has 2 heterocycles. The Balaban J connectivity index is 2.01. The van der Waals surface area contributed by atoms with Crippen LogP contribution in [-0.2, 0) is 21.4 Å². The van der Waals surface area contributed by atoms with Crippen LogP contribution in [0.3, 0.4) is 0 Å². The van der Waals surface area contributed by atoms with Gasteiger partial charge in [0.15, 0.2) is 0 Å². The van der Waals surface area contributed by atoms with Gasteiger partial charge >= 0.3 is 5.97 Å². The Kier molecular flexibility index (Phi) is 4.94. The number of carbonyl (C=O) groups is 1. The quantitative estimate of drug-likeness (QED) is 0.790. The van der Waals surface area contributed by atoms with E-state index in [0.29, 0.717) is 4.21 Å². The van der Waals surface area contributed by atoms with Crippen molar-refractivity contribution in [3.05, 3.63) is 45.0 Å². The van der Waals surface area contributed by atoms with Crippen molar-refractivity contribution < 1.29 is 18.3 Å².